The van der Waals surface area contributed by atoms with Gasteiger partial charge in [0.05, 0.1) is 25.5 Å². The van der Waals surface area contributed by atoms with Gasteiger partial charge in [-0.05, 0) is 30.3 Å². The van der Waals surface area contributed by atoms with E-state index in [1.807, 2.05) is 0 Å². The van der Waals surface area contributed by atoms with E-state index < -0.39 is 18.4 Å². The van der Waals surface area contributed by atoms with Crippen LogP contribution in [-0.2, 0) is 4.79 Å². The minimum atomic E-state index is -3.03. The molecule has 3 aromatic rings. The first-order valence-corrected chi connectivity index (χ1v) is 8.48. The number of nitrogens with one attached hydrogen (secondary N) is 2. The molecule has 0 saturated heterocycles. The Labute approximate surface area is 168 Å². The maximum absolute atomic E-state index is 12.4. The number of rotatable bonds is 8. The number of alkyl halides is 2. The molecule has 0 atom stereocenters. The Hall–Kier alpha value is -4.09. The second kappa shape index (κ2) is 9.41. The van der Waals surface area contributed by atoms with Crippen LogP contribution in [0, 0.1) is 0 Å². The van der Waals surface area contributed by atoms with Gasteiger partial charge in [-0.3, -0.25) is 9.59 Å². The van der Waals surface area contributed by atoms with Crippen LogP contribution in [-0.4, -0.2) is 51.8 Å². The van der Waals surface area contributed by atoms with Crippen molar-refractivity contribution in [2.45, 2.75) is 6.61 Å². The number of carbonyl (C=O) groups excluding carboxylic acids is 2. The molecular weight excluding hydrogens is 402 g/mol. The Bertz CT molecular complexity index is 1010. The number of pyridine rings is 1. The average Bonchev–Trinajstić information content (AvgIpc) is 3.27. The Morgan fingerprint density at radius 2 is 2.03 bits per heavy atom. The summed E-state index contributed by atoms with van der Waals surface area (Å²) in [6.07, 6.45) is 4.29. The van der Waals surface area contributed by atoms with Gasteiger partial charge >= 0.3 is 6.61 Å². The Morgan fingerprint density at radius 1 is 1.20 bits per heavy atom. The lowest BCUT2D eigenvalue weighted by atomic mass is 10.2. The average molecular weight is 418 g/mol. The molecule has 2 amide bonds. The highest BCUT2D eigenvalue weighted by Crippen LogP contribution is 2.29. The van der Waals surface area contributed by atoms with Crippen LogP contribution in [0.2, 0.25) is 0 Å². The van der Waals surface area contributed by atoms with Crippen molar-refractivity contribution < 1.29 is 27.8 Å². The van der Waals surface area contributed by atoms with Crippen LogP contribution in [0.15, 0.2) is 49.2 Å². The number of anilines is 1. The number of ether oxygens (including phenoxy) is 2. The molecule has 0 radical (unpaired) electrons. The number of nitrogens with zero attached hydrogens (tertiary/aromatic N) is 4. The smallest absolute Gasteiger partial charge is 0.387 e. The van der Waals surface area contributed by atoms with Gasteiger partial charge in [0.2, 0.25) is 5.91 Å². The molecule has 0 fully saturated rings. The van der Waals surface area contributed by atoms with E-state index in [4.69, 9.17) is 4.74 Å². The summed E-state index contributed by atoms with van der Waals surface area (Å²) in [6.45, 7) is -3.34. The van der Waals surface area contributed by atoms with Crippen molar-refractivity contribution in [3.63, 3.8) is 0 Å². The van der Waals surface area contributed by atoms with Crippen LogP contribution < -0.4 is 20.1 Å². The number of hydrogen-bond donors (Lipinski definition) is 2. The second-order valence-electron chi connectivity index (χ2n) is 5.72. The van der Waals surface area contributed by atoms with Gasteiger partial charge in [0.15, 0.2) is 17.3 Å². The lowest BCUT2D eigenvalue weighted by molar-refractivity contribution is -0.115. The third-order valence-electron chi connectivity index (χ3n) is 3.74. The number of aromatic nitrogens is 4. The van der Waals surface area contributed by atoms with E-state index in [1.54, 1.807) is 12.1 Å². The van der Waals surface area contributed by atoms with Crippen molar-refractivity contribution in [3.8, 4) is 17.3 Å². The molecule has 0 aliphatic heterocycles. The van der Waals surface area contributed by atoms with Gasteiger partial charge in [0.1, 0.15) is 12.7 Å². The molecular formula is C18H16F2N6O4. The monoisotopic (exact) mass is 418 g/mol. The van der Waals surface area contributed by atoms with Gasteiger partial charge in [0, 0.05) is 5.56 Å². The topological polar surface area (TPSA) is 120 Å². The van der Waals surface area contributed by atoms with Crippen LogP contribution in [0.5, 0.6) is 11.5 Å². The van der Waals surface area contributed by atoms with Crippen molar-refractivity contribution >= 4 is 17.5 Å². The van der Waals surface area contributed by atoms with E-state index in [1.165, 1.54) is 48.8 Å². The van der Waals surface area contributed by atoms with E-state index in [0.717, 1.165) is 0 Å². The molecule has 2 aromatic heterocycles. The summed E-state index contributed by atoms with van der Waals surface area (Å²) < 4.78 is 35.4. The zero-order valence-electron chi connectivity index (χ0n) is 15.6. The Balaban J connectivity index is 1.54. The number of carbonyl (C=O) groups is 2. The van der Waals surface area contributed by atoms with Gasteiger partial charge in [-0.25, -0.2) is 14.6 Å². The molecule has 1 aromatic carbocycles. The highest BCUT2D eigenvalue weighted by molar-refractivity contribution is 5.99. The lowest BCUT2D eigenvalue weighted by Crippen LogP contribution is -2.32. The summed E-state index contributed by atoms with van der Waals surface area (Å²) in [5.41, 5.74) is 0.536. The quantitative estimate of drug-likeness (QED) is 0.571. The number of methoxy groups -OCH3 is 1. The number of benzene rings is 1. The molecule has 0 aliphatic carbocycles. The highest BCUT2D eigenvalue weighted by atomic mass is 19.3. The maximum Gasteiger partial charge on any atom is 0.387 e. The summed E-state index contributed by atoms with van der Waals surface area (Å²) in [5.74, 6) is -0.795. The van der Waals surface area contributed by atoms with Crippen LogP contribution in [0.25, 0.3) is 5.82 Å². The minimum Gasteiger partial charge on any atom is -0.493 e. The van der Waals surface area contributed by atoms with Crippen molar-refractivity contribution in [2.24, 2.45) is 0 Å². The van der Waals surface area contributed by atoms with E-state index in [-0.39, 0.29) is 23.6 Å². The van der Waals surface area contributed by atoms with Crippen molar-refractivity contribution in [2.75, 3.05) is 19.0 Å². The molecule has 0 unspecified atom stereocenters. The molecule has 2 heterocycles. The second-order valence-corrected chi connectivity index (χ2v) is 5.72. The summed E-state index contributed by atoms with van der Waals surface area (Å²) in [6, 6.07) is 6.95. The van der Waals surface area contributed by atoms with E-state index >= 15 is 0 Å². The highest BCUT2D eigenvalue weighted by Gasteiger charge is 2.15. The molecule has 10 nitrogen and oxygen atoms in total. The molecule has 0 bridgehead atoms. The fourth-order valence-corrected chi connectivity index (χ4v) is 2.39. The molecule has 0 spiro atoms. The molecule has 156 valence electrons. The first-order chi connectivity index (χ1) is 14.5. The normalized spacial score (nSPS) is 10.5. The lowest BCUT2D eigenvalue weighted by Gasteiger charge is -2.11. The molecule has 3 rings (SSSR count). The van der Waals surface area contributed by atoms with E-state index in [0.29, 0.717) is 11.5 Å². The van der Waals surface area contributed by atoms with Gasteiger partial charge in [0.25, 0.3) is 5.91 Å². The van der Waals surface area contributed by atoms with Crippen LogP contribution in [0.4, 0.5) is 14.5 Å². The first kappa shape index (κ1) is 20.6. The molecule has 30 heavy (non-hydrogen) atoms. The van der Waals surface area contributed by atoms with Crippen LogP contribution in [0.1, 0.15) is 10.4 Å². The third kappa shape index (κ3) is 5.25. The zero-order valence-corrected chi connectivity index (χ0v) is 15.6. The molecule has 12 heteroatoms. The molecule has 0 saturated carbocycles. The van der Waals surface area contributed by atoms with Crippen molar-refractivity contribution in [1.82, 2.24) is 25.1 Å². The Morgan fingerprint density at radius 3 is 2.67 bits per heavy atom. The van der Waals surface area contributed by atoms with E-state index in [2.05, 4.69) is 30.4 Å². The largest absolute Gasteiger partial charge is 0.493 e. The maximum atomic E-state index is 12.4. The fourth-order valence-electron chi connectivity index (χ4n) is 2.39. The number of hydrogen-bond acceptors (Lipinski definition) is 7. The van der Waals surface area contributed by atoms with Gasteiger partial charge < -0.3 is 20.1 Å². The third-order valence-corrected chi connectivity index (χ3v) is 3.74. The van der Waals surface area contributed by atoms with Gasteiger partial charge in [-0.15, -0.1) is 0 Å². The predicted molar refractivity (Wildman–Crippen MR) is 99.7 cm³/mol. The van der Waals surface area contributed by atoms with Gasteiger partial charge in [-0.1, -0.05) is 0 Å². The van der Waals surface area contributed by atoms with Crippen molar-refractivity contribution in [1.29, 1.82) is 0 Å². The molecule has 2 N–H and O–H groups in total. The fraction of sp³-hybridized carbons (Fsp3) is 0.167. The molecule has 0 aliphatic rings. The SMILES string of the molecule is COc1cc(C(=O)NCC(=O)Nc2ccc(-n3cncn3)nc2)ccc1OC(F)F. The summed E-state index contributed by atoms with van der Waals surface area (Å²) in [7, 11) is 1.25. The zero-order chi connectivity index (χ0) is 21.5. The standard InChI is InChI=1S/C18H16F2N6O4/c1-29-14-6-11(2-4-13(14)30-18(19)20)17(28)23-8-16(27)25-12-3-5-15(22-7-12)26-10-21-9-24-26/h2-7,9-10,18H,8H2,1H3,(H,23,28)(H,25,27). The Kier molecular flexibility index (Phi) is 6.47. The van der Waals surface area contributed by atoms with Crippen LogP contribution >= 0.6 is 0 Å². The minimum absolute atomic E-state index is 0.0362. The predicted octanol–water partition coefficient (Wildman–Crippen LogP) is 1.64. The van der Waals surface area contributed by atoms with Crippen molar-refractivity contribution in [3.05, 3.63) is 54.7 Å². The summed E-state index contributed by atoms with van der Waals surface area (Å²) in [5, 5.41) is 8.95. The first-order valence-electron chi connectivity index (χ1n) is 8.48. The summed E-state index contributed by atoms with van der Waals surface area (Å²) in [4.78, 5) is 32.2. The van der Waals surface area contributed by atoms with E-state index in [9.17, 15) is 18.4 Å². The summed E-state index contributed by atoms with van der Waals surface area (Å²) >= 11 is 0. The van der Waals surface area contributed by atoms with Gasteiger partial charge in [-0.2, -0.15) is 13.9 Å². The number of amides is 2. The van der Waals surface area contributed by atoms with Crippen LogP contribution in [0.3, 0.4) is 0 Å². The number of halogens is 2.